The Kier molecular flexibility index (Phi) is 4.51. The van der Waals surface area contributed by atoms with Crippen molar-refractivity contribution in [3.63, 3.8) is 0 Å². The molecule has 0 aliphatic carbocycles. The monoisotopic (exact) mass is 311 g/mol. The first-order chi connectivity index (χ1) is 11.2. The summed E-state index contributed by atoms with van der Waals surface area (Å²) >= 11 is 0. The number of fused-ring (bicyclic) bond motifs is 1. The van der Waals surface area contributed by atoms with Gasteiger partial charge in [-0.2, -0.15) is 0 Å². The van der Waals surface area contributed by atoms with Crippen LogP contribution in [0.2, 0.25) is 0 Å². The normalized spacial score (nSPS) is 13.9. The van der Waals surface area contributed by atoms with Gasteiger partial charge in [0, 0.05) is 17.8 Å². The molecule has 0 atom stereocenters. The number of anilines is 1. The molecule has 1 amide bonds. The average Bonchev–Trinajstić information content (AvgIpc) is 2.83. The van der Waals surface area contributed by atoms with E-state index in [4.69, 9.17) is 9.47 Å². The van der Waals surface area contributed by atoms with E-state index < -0.39 is 0 Å². The maximum atomic E-state index is 13.0. The number of hydrogen-bond donors (Lipinski definition) is 0. The highest BCUT2D eigenvalue weighted by Gasteiger charge is 2.23. The van der Waals surface area contributed by atoms with Gasteiger partial charge in [-0.3, -0.25) is 4.79 Å². The lowest BCUT2D eigenvalue weighted by Crippen LogP contribution is -2.31. The van der Waals surface area contributed by atoms with Gasteiger partial charge in [-0.1, -0.05) is 18.2 Å². The van der Waals surface area contributed by atoms with Crippen LogP contribution in [0.5, 0.6) is 11.5 Å². The van der Waals surface area contributed by atoms with Crippen LogP contribution in [0.4, 0.5) is 5.69 Å². The molecule has 0 bridgehead atoms. The fraction of sp³-hybridized carbons (Fsp3) is 0.316. The molecule has 23 heavy (non-hydrogen) atoms. The molecule has 2 aromatic rings. The quantitative estimate of drug-likeness (QED) is 0.868. The van der Waals surface area contributed by atoms with Crippen molar-refractivity contribution in [1.82, 2.24) is 0 Å². The summed E-state index contributed by atoms with van der Waals surface area (Å²) in [6.07, 6.45) is 3.13. The maximum Gasteiger partial charge on any atom is 0.258 e. The molecule has 0 aromatic heterocycles. The van der Waals surface area contributed by atoms with Crippen molar-refractivity contribution in [2.45, 2.75) is 19.3 Å². The fourth-order valence-corrected chi connectivity index (χ4v) is 3.03. The SMILES string of the molecule is COc1ccc(C(=O)N2CCCCc3ccccc32)cc1OC. The van der Waals surface area contributed by atoms with Crippen molar-refractivity contribution < 1.29 is 14.3 Å². The second kappa shape index (κ2) is 6.73. The third-order valence-corrected chi connectivity index (χ3v) is 4.24. The molecular formula is C19H21NO3. The Labute approximate surface area is 136 Å². The van der Waals surface area contributed by atoms with E-state index in [9.17, 15) is 4.79 Å². The molecule has 1 aliphatic heterocycles. The van der Waals surface area contributed by atoms with Crippen molar-refractivity contribution in [2.75, 3.05) is 25.7 Å². The van der Waals surface area contributed by atoms with Crippen LogP contribution in [0.3, 0.4) is 0 Å². The van der Waals surface area contributed by atoms with E-state index in [0.717, 1.165) is 31.5 Å². The molecule has 4 heteroatoms. The number of aryl methyl sites for hydroxylation is 1. The number of ether oxygens (including phenoxy) is 2. The van der Waals surface area contributed by atoms with Crippen molar-refractivity contribution >= 4 is 11.6 Å². The number of benzene rings is 2. The highest BCUT2D eigenvalue weighted by molar-refractivity contribution is 6.07. The highest BCUT2D eigenvalue weighted by atomic mass is 16.5. The number of methoxy groups -OCH3 is 2. The molecule has 120 valence electrons. The predicted molar refractivity (Wildman–Crippen MR) is 90.6 cm³/mol. The molecule has 0 N–H and O–H groups in total. The minimum Gasteiger partial charge on any atom is -0.493 e. The third kappa shape index (κ3) is 3.02. The second-order valence-electron chi connectivity index (χ2n) is 5.61. The average molecular weight is 311 g/mol. The Morgan fingerprint density at radius 2 is 1.78 bits per heavy atom. The standard InChI is InChI=1S/C19H21NO3/c1-22-17-11-10-15(13-18(17)23-2)19(21)20-12-6-5-8-14-7-3-4-9-16(14)20/h3-4,7,9-11,13H,5-6,8,12H2,1-2H3. The zero-order chi connectivity index (χ0) is 16.2. The largest absolute Gasteiger partial charge is 0.493 e. The maximum absolute atomic E-state index is 13.0. The summed E-state index contributed by atoms with van der Waals surface area (Å²) in [7, 11) is 3.16. The topological polar surface area (TPSA) is 38.8 Å². The minimum atomic E-state index is 0.000281. The first kappa shape index (κ1) is 15.4. The zero-order valence-corrected chi connectivity index (χ0v) is 13.5. The number of amides is 1. The molecule has 0 spiro atoms. The molecule has 0 fully saturated rings. The predicted octanol–water partition coefficient (Wildman–Crippen LogP) is 3.69. The van der Waals surface area contributed by atoms with Gasteiger partial charge in [0.2, 0.25) is 0 Å². The molecule has 2 aromatic carbocycles. The van der Waals surface area contributed by atoms with Gasteiger partial charge in [-0.25, -0.2) is 0 Å². The van der Waals surface area contributed by atoms with Gasteiger partial charge < -0.3 is 14.4 Å². The molecule has 1 aliphatic rings. The van der Waals surface area contributed by atoms with Crippen LogP contribution in [-0.2, 0) is 6.42 Å². The number of carbonyl (C=O) groups excluding carboxylic acids is 1. The Bertz CT molecular complexity index is 712. The number of rotatable bonds is 3. The van der Waals surface area contributed by atoms with Gasteiger partial charge in [0.1, 0.15) is 0 Å². The summed E-state index contributed by atoms with van der Waals surface area (Å²) in [5, 5.41) is 0. The lowest BCUT2D eigenvalue weighted by atomic mass is 10.1. The van der Waals surface area contributed by atoms with E-state index in [1.54, 1.807) is 32.4 Å². The van der Waals surface area contributed by atoms with Gasteiger partial charge in [-0.05, 0) is 49.1 Å². The Morgan fingerprint density at radius 3 is 2.57 bits per heavy atom. The number of nitrogens with zero attached hydrogens (tertiary/aromatic N) is 1. The van der Waals surface area contributed by atoms with E-state index in [0.29, 0.717) is 17.1 Å². The summed E-state index contributed by atoms with van der Waals surface area (Å²) in [4.78, 5) is 14.9. The molecule has 1 heterocycles. The van der Waals surface area contributed by atoms with Crippen LogP contribution in [-0.4, -0.2) is 26.7 Å². The molecule has 0 saturated heterocycles. The van der Waals surface area contributed by atoms with Crippen LogP contribution in [0.25, 0.3) is 0 Å². The van der Waals surface area contributed by atoms with E-state index >= 15 is 0 Å². The number of carbonyl (C=O) groups is 1. The number of para-hydroxylation sites is 1. The zero-order valence-electron chi connectivity index (χ0n) is 13.5. The highest BCUT2D eigenvalue weighted by Crippen LogP contribution is 2.31. The van der Waals surface area contributed by atoms with Crippen molar-refractivity contribution in [2.24, 2.45) is 0 Å². The lowest BCUT2D eigenvalue weighted by Gasteiger charge is -2.23. The number of hydrogen-bond acceptors (Lipinski definition) is 3. The van der Waals surface area contributed by atoms with Crippen LogP contribution in [0.15, 0.2) is 42.5 Å². The lowest BCUT2D eigenvalue weighted by molar-refractivity contribution is 0.0986. The Hall–Kier alpha value is -2.49. The molecular weight excluding hydrogens is 290 g/mol. The Morgan fingerprint density at radius 1 is 1.00 bits per heavy atom. The van der Waals surface area contributed by atoms with Crippen LogP contribution >= 0.6 is 0 Å². The van der Waals surface area contributed by atoms with Gasteiger partial charge >= 0.3 is 0 Å². The van der Waals surface area contributed by atoms with Crippen molar-refractivity contribution in [1.29, 1.82) is 0 Å². The molecule has 4 nitrogen and oxygen atoms in total. The summed E-state index contributed by atoms with van der Waals surface area (Å²) < 4.78 is 10.6. The summed E-state index contributed by atoms with van der Waals surface area (Å²) in [5.41, 5.74) is 2.86. The first-order valence-electron chi connectivity index (χ1n) is 7.86. The second-order valence-corrected chi connectivity index (χ2v) is 5.61. The molecule has 0 saturated carbocycles. The van der Waals surface area contributed by atoms with Gasteiger partial charge in [0.25, 0.3) is 5.91 Å². The fourth-order valence-electron chi connectivity index (χ4n) is 3.03. The molecule has 3 rings (SSSR count). The van der Waals surface area contributed by atoms with Crippen molar-refractivity contribution in [3.8, 4) is 11.5 Å². The van der Waals surface area contributed by atoms with Gasteiger partial charge in [-0.15, -0.1) is 0 Å². The smallest absolute Gasteiger partial charge is 0.258 e. The Balaban J connectivity index is 1.97. The van der Waals surface area contributed by atoms with Crippen LogP contribution in [0, 0.1) is 0 Å². The molecule has 0 radical (unpaired) electrons. The molecule has 0 unspecified atom stereocenters. The van der Waals surface area contributed by atoms with Crippen molar-refractivity contribution in [3.05, 3.63) is 53.6 Å². The first-order valence-corrected chi connectivity index (χ1v) is 7.86. The summed E-state index contributed by atoms with van der Waals surface area (Å²) in [5.74, 6) is 1.20. The van der Waals surface area contributed by atoms with E-state index in [1.165, 1.54) is 5.56 Å². The third-order valence-electron chi connectivity index (χ3n) is 4.24. The van der Waals surface area contributed by atoms with Crippen LogP contribution < -0.4 is 14.4 Å². The van der Waals surface area contributed by atoms with Gasteiger partial charge in [0.05, 0.1) is 14.2 Å². The van der Waals surface area contributed by atoms with Crippen LogP contribution in [0.1, 0.15) is 28.8 Å². The van der Waals surface area contributed by atoms with Gasteiger partial charge in [0.15, 0.2) is 11.5 Å². The van der Waals surface area contributed by atoms with E-state index in [-0.39, 0.29) is 5.91 Å². The summed E-state index contributed by atoms with van der Waals surface area (Å²) in [6, 6.07) is 13.5. The van der Waals surface area contributed by atoms with E-state index in [2.05, 4.69) is 6.07 Å². The summed E-state index contributed by atoms with van der Waals surface area (Å²) in [6.45, 7) is 0.740. The minimum absolute atomic E-state index is 0.000281. The van der Waals surface area contributed by atoms with E-state index in [1.807, 2.05) is 23.1 Å².